The predicted octanol–water partition coefficient (Wildman–Crippen LogP) is 2.15. The quantitative estimate of drug-likeness (QED) is 0.746. The highest BCUT2D eigenvalue weighted by atomic mass is 16.5. The van der Waals surface area contributed by atoms with E-state index in [4.69, 9.17) is 4.74 Å². The molecule has 1 aliphatic rings. The summed E-state index contributed by atoms with van der Waals surface area (Å²) in [7, 11) is 0. The lowest BCUT2D eigenvalue weighted by atomic mass is 10.1. The van der Waals surface area contributed by atoms with E-state index in [0.717, 1.165) is 37.4 Å². The fourth-order valence-corrected chi connectivity index (χ4v) is 1.84. The van der Waals surface area contributed by atoms with Crippen LogP contribution in [0.15, 0.2) is 18.2 Å². The summed E-state index contributed by atoms with van der Waals surface area (Å²) < 4.78 is 5.31. The van der Waals surface area contributed by atoms with E-state index < -0.39 is 0 Å². The number of anilines is 1. The Morgan fingerprint density at radius 3 is 3.07 bits per heavy atom. The SMILES string of the molecule is Cc1cc(O)ccc1NCC1CCOC1. The predicted molar refractivity (Wildman–Crippen MR) is 60.3 cm³/mol. The van der Waals surface area contributed by atoms with Crippen LogP contribution in [0, 0.1) is 12.8 Å². The van der Waals surface area contributed by atoms with Crippen LogP contribution < -0.4 is 5.32 Å². The van der Waals surface area contributed by atoms with Crippen molar-refractivity contribution >= 4 is 5.69 Å². The van der Waals surface area contributed by atoms with Crippen molar-refractivity contribution in [3.63, 3.8) is 0 Å². The first-order valence-electron chi connectivity index (χ1n) is 5.37. The zero-order valence-corrected chi connectivity index (χ0v) is 8.99. The molecular formula is C12H17NO2. The molecule has 0 amide bonds. The molecule has 0 radical (unpaired) electrons. The number of aromatic hydroxyl groups is 1. The van der Waals surface area contributed by atoms with Gasteiger partial charge in [-0.1, -0.05) is 0 Å². The second kappa shape index (κ2) is 4.53. The summed E-state index contributed by atoms with van der Waals surface area (Å²) >= 11 is 0. The number of aryl methyl sites for hydroxylation is 1. The molecule has 1 aromatic carbocycles. The van der Waals surface area contributed by atoms with Crippen molar-refractivity contribution < 1.29 is 9.84 Å². The van der Waals surface area contributed by atoms with Gasteiger partial charge in [0, 0.05) is 24.8 Å². The monoisotopic (exact) mass is 207 g/mol. The van der Waals surface area contributed by atoms with Gasteiger partial charge in [0.1, 0.15) is 5.75 Å². The van der Waals surface area contributed by atoms with E-state index in [9.17, 15) is 5.11 Å². The second-order valence-electron chi connectivity index (χ2n) is 4.11. The van der Waals surface area contributed by atoms with Crippen LogP contribution >= 0.6 is 0 Å². The molecule has 2 N–H and O–H groups in total. The van der Waals surface area contributed by atoms with E-state index in [2.05, 4.69) is 5.32 Å². The molecule has 0 saturated carbocycles. The number of rotatable bonds is 3. The van der Waals surface area contributed by atoms with E-state index in [1.165, 1.54) is 0 Å². The molecule has 2 rings (SSSR count). The Balaban J connectivity index is 1.92. The van der Waals surface area contributed by atoms with Crippen molar-refractivity contribution in [2.45, 2.75) is 13.3 Å². The highest BCUT2D eigenvalue weighted by molar-refractivity contribution is 5.53. The zero-order chi connectivity index (χ0) is 10.7. The van der Waals surface area contributed by atoms with Crippen molar-refractivity contribution in [1.29, 1.82) is 0 Å². The fourth-order valence-electron chi connectivity index (χ4n) is 1.84. The lowest BCUT2D eigenvalue weighted by molar-refractivity contribution is 0.187. The van der Waals surface area contributed by atoms with Gasteiger partial charge in [-0.05, 0) is 37.1 Å². The smallest absolute Gasteiger partial charge is 0.115 e. The molecule has 15 heavy (non-hydrogen) atoms. The number of hydrogen-bond donors (Lipinski definition) is 2. The third-order valence-corrected chi connectivity index (χ3v) is 2.82. The van der Waals surface area contributed by atoms with Gasteiger partial charge in [0.15, 0.2) is 0 Å². The minimum Gasteiger partial charge on any atom is -0.508 e. The van der Waals surface area contributed by atoms with E-state index in [1.807, 2.05) is 13.0 Å². The van der Waals surface area contributed by atoms with Crippen LogP contribution in [0.5, 0.6) is 5.75 Å². The van der Waals surface area contributed by atoms with Crippen LogP contribution in [0.2, 0.25) is 0 Å². The van der Waals surface area contributed by atoms with Gasteiger partial charge in [-0.15, -0.1) is 0 Å². The molecule has 0 bridgehead atoms. The third-order valence-electron chi connectivity index (χ3n) is 2.82. The van der Waals surface area contributed by atoms with E-state index >= 15 is 0 Å². The average molecular weight is 207 g/mol. The Hall–Kier alpha value is -1.22. The molecule has 1 heterocycles. The molecule has 3 heteroatoms. The maximum atomic E-state index is 9.27. The van der Waals surface area contributed by atoms with Gasteiger partial charge < -0.3 is 15.2 Å². The molecule has 1 aliphatic heterocycles. The zero-order valence-electron chi connectivity index (χ0n) is 8.99. The molecule has 82 valence electrons. The first-order valence-corrected chi connectivity index (χ1v) is 5.37. The summed E-state index contributed by atoms with van der Waals surface area (Å²) in [6.07, 6.45) is 1.14. The van der Waals surface area contributed by atoms with Crippen LogP contribution in [0.3, 0.4) is 0 Å². The highest BCUT2D eigenvalue weighted by Crippen LogP contribution is 2.21. The largest absolute Gasteiger partial charge is 0.508 e. The summed E-state index contributed by atoms with van der Waals surface area (Å²) in [6, 6.07) is 5.40. The summed E-state index contributed by atoms with van der Waals surface area (Å²) in [5.74, 6) is 0.945. The standard InChI is InChI=1S/C12H17NO2/c1-9-6-11(14)2-3-12(9)13-7-10-4-5-15-8-10/h2-3,6,10,13-14H,4-5,7-8H2,1H3. The van der Waals surface area contributed by atoms with Crippen molar-refractivity contribution in [2.75, 3.05) is 25.1 Å². The van der Waals surface area contributed by atoms with Gasteiger partial charge in [0.05, 0.1) is 6.61 Å². The number of ether oxygens (including phenoxy) is 1. The molecule has 1 atom stereocenters. The summed E-state index contributed by atoms with van der Waals surface area (Å²) in [6.45, 7) is 4.70. The molecule has 3 nitrogen and oxygen atoms in total. The van der Waals surface area contributed by atoms with Crippen molar-refractivity contribution in [3.05, 3.63) is 23.8 Å². The van der Waals surface area contributed by atoms with Crippen LogP contribution in [0.4, 0.5) is 5.69 Å². The molecule has 0 aromatic heterocycles. The summed E-state index contributed by atoms with van der Waals surface area (Å²) in [4.78, 5) is 0. The fraction of sp³-hybridized carbons (Fsp3) is 0.500. The van der Waals surface area contributed by atoms with Gasteiger partial charge in [-0.25, -0.2) is 0 Å². The first-order chi connectivity index (χ1) is 7.25. The molecular weight excluding hydrogens is 190 g/mol. The van der Waals surface area contributed by atoms with Gasteiger partial charge >= 0.3 is 0 Å². The van der Waals surface area contributed by atoms with Gasteiger partial charge in [0.25, 0.3) is 0 Å². The molecule has 1 fully saturated rings. The average Bonchev–Trinajstić information content (AvgIpc) is 2.69. The van der Waals surface area contributed by atoms with Crippen LogP contribution in [0.25, 0.3) is 0 Å². The second-order valence-corrected chi connectivity index (χ2v) is 4.11. The van der Waals surface area contributed by atoms with Gasteiger partial charge in [-0.3, -0.25) is 0 Å². The molecule has 0 spiro atoms. The van der Waals surface area contributed by atoms with E-state index in [1.54, 1.807) is 12.1 Å². The lowest BCUT2D eigenvalue weighted by Gasteiger charge is -2.12. The van der Waals surface area contributed by atoms with Gasteiger partial charge in [-0.2, -0.15) is 0 Å². The van der Waals surface area contributed by atoms with Crippen molar-refractivity contribution in [2.24, 2.45) is 5.92 Å². The van der Waals surface area contributed by atoms with Crippen molar-refractivity contribution in [1.82, 2.24) is 0 Å². The van der Waals surface area contributed by atoms with Crippen molar-refractivity contribution in [3.8, 4) is 5.75 Å². The number of phenols is 1. The molecule has 1 saturated heterocycles. The molecule has 0 aliphatic carbocycles. The number of benzene rings is 1. The minimum atomic E-state index is 0.322. The Labute approximate surface area is 90.1 Å². The van der Waals surface area contributed by atoms with Crippen LogP contribution in [-0.4, -0.2) is 24.9 Å². The summed E-state index contributed by atoms with van der Waals surface area (Å²) in [5, 5.41) is 12.7. The normalized spacial score (nSPS) is 20.5. The first kappa shape index (κ1) is 10.3. The lowest BCUT2D eigenvalue weighted by Crippen LogP contribution is -2.14. The maximum absolute atomic E-state index is 9.27. The van der Waals surface area contributed by atoms with E-state index in [0.29, 0.717) is 11.7 Å². The Morgan fingerprint density at radius 2 is 2.40 bits per heavy atom. The Kier molecular flexibility index (Phi) is 3.11. The van der Waals surface area contributed by atoms with E-state index in [-0.39, 0.29) is 0 Å². The number of nitrogens with one attached hydrogen (secondary N) is 1. The van der Waals surface area contributed by atoms with Crippen LogP contribution in [-0.2, 0) is 4.74 Å². The molecule has 1 unspecified atom stereocenters. The van der Waals surface area contributed by atoms with Crippen LogP contribution in [0.1, 0.15) is 12.0 Å². The third kappa shape index (κ3) is 2.63. The maximum Gasteiger partial charge on any atom is 0.115 e. The Morgan fingerprint density at radius 1 is 1.53 bits per heavy atom. The Bertz CT molecular complexity index is 332. The highest BCUT2D eigenvalue weighted by Gasteiger charge is 2.15. The number of phenolic OH excluding ortho intramolecular Hbond substituents is 1. The minimum absolute atomic E-state index is 0.322. The summed E-state index contributed by atoms with van der Waals surface area (Å²) in [5.41, 5.74) is 2.17. The number of hydrogen-bond acceptors (Lipinski definition) is 3. The topological polar surface area (TPSA) is 41.5 Å². The van der Waals surface area contributed by atoms with Gasteiger partial charge in [0.2, 0.25) is 0 Å². The molecule has 1 aromatic rings.